The molecule has 2 unspecified atom stereocenters. The lowest BCUT2D eigenvalue weighted by Crippen LogP contribution is -2.20. The van der Waals surface area contributed by atoms with Crippen molar-refractivity contribution in [2.24, 2.45) is 16.8 Å². The molecule has 0 fully saturated rings. The number of hydrogen-bond donors (Lipinski definition) is 0. The molecule has 0 amide bonds. The van der Waals surface area contributed by atoms with Crippen molar-refractivity contribution in [3.05, 3.63) is 150 Å². The summed E-state index contributed by atoms with van der Waals surface area (Å²) < 4.78 is 0. The van der Waals surface area contributed by atoms with Gasteiger partial charge in [0.25, 0.3) is 0 Å². The van der Waals surface area contributed by atoms with E-state index >= 15 is 0 Å². The van der Waals surface area contributed by atoms with Crippen molar-refractivity contribution in [2.75, 3.05) is 0 Å². The molecule has 2 heterocycles. The van der Waals surface area contributed by atoms with Gasteiger partial charge in [-0.3, -0.25) is 4.99 Å². The van der Waals surface area contributed by atoms with Gasteiger partial charge in [0.1, 0.15) is 6.33 Å². The fourth-order valence-corrected chi connectivity index (χ4v) is 6.46. The number of benzene rings is 2. The van der Waals surface area contributed by atoms with Crippen LogP contribution in [0.4, 0.5) is 0 Å². The van der Waals surface area contributed by atoms with Crippen molar-refractivity contribution in [1.82, 2.24) is 9.97 Å². The van der Waals surface area contributed by atoms with Gasteiger partial charge in [0, 0.05) is 23.9 Å². The van der Waals surface area contributed by atoms with Crippen molar-refractivity contribution >= 4 is 23.4 Å². The Balaban J connectivity index is 1.03. The number of nitrogens with zero attached hydrogens (tertiary/aromatic N) is 3. The third-order valence-electron chi connectivity index (χ3n) is 8.82. The number of hydrogen-bond acceptors (Lipinski definition) is 3. The predicted octanol–water partition coefficient (Wildman–Crippen LogP) is 9.57. The molecule has 0 spiro atoms. The van der Waals surface area contributed by atoms with Gasteiger partial charge in [0.2, 0.25) is 0 Å². The average molecular weight is 546 g/mol. The van der Waals surface area contributed by atoms with Crippen LogP contribution in [0.5, 0.6) is 0 Å². The van der Waals surface area contributed by atoms with E-state index in [0.29, 0.717) is 17.8 Å². The summed E-state index contributed by atoms with van der Waals surface area (Å²) in [5.41, 5.74) is 10.9. The standard InChI is InChI=1S/C39H35N3/c1-2-8-29(9-3-1)35-12-6-4-10-30(35)17-14-28-15-18-32(19-16-28)38-24-39(42-27-41-38)33-22-20-31(21-23-33)37-26-40-25-34-11-5-7-13-36(34)37/h1-2,4-6,8,10-12,14-15,17-28,36-37H,3,7,9,13,16H2/b17-14+/t28?,36-,37?/m1/s1. The van der Waals surface area contributed by atoms with Crippen LogP contribution in [0.15, 0.2) is 132 Å². The van der Waals surface area contributed by atoms with Gasteiger partial charge in [0.05, 0.1) is 11.4 Å². The third kappa shape index (κ3) is 5.60. The van der Waals surface area contributed by atoms with Gasteiger partial charge < -0.3 is 0 Å². The van der Waals surface area contributed by atoms with E-state index in [1.54, 1.807) is 6.33 Å². The summed E-state index contributed by atoms with van der Waals surface area (Å²) in [6, 6.07) is 19.7. The zero-order valence-corrected chi connectivity index (χ0v) is 23.8. The number of allylic oxidation sites excluding steroid dienone is 12. The normalized spacial score (nSPS) is 23.0. The largest absolute Gasteiger partial charge is 0.268 e. The van der Waals surface area contributed by atoms with Crippen molar-refractivity contribution < 1.29 is 0 Å². The van der Waals surface area contributed by atoms with Gasteiger partial charge in [0.15, 0.2) is 0 Å². The summed E-state index contributed by atoms with van der Waals surface area (Å²) in [5, 5.41) is 0. The third-order valence-corrected chi connectivity index (χ3v) is 8.82. The number of aromatic nitrogens is 2. The highest BCUT2D eigenvalue weighted by molar-refractivity contribution is 5.78. The van der Waals surface area contributed by atoms with Gasteiger partial charge in [-0.1, -0.05) is 109 Å². The number of fused-ring (bicyclic) bond motifs is 1. The second kappa shape index (κ2) is 12.1. The highest BCUT2D eigenvalue weighted by Crippen LogP contribution is 2.38. The lowest BCUT2D eigenvalue weighted by molar-refractivity contribution is 0.528. The Morgan fingerprint density at radius 2 is 1.79 bits per heavy atom. The van der Waals surface area contributed by atoms with E-state index in [1.165, 1.54) is 34.3 Å². The molecular formula is C39H35N3. The van der Waals surface area contributed by atoms with Gasteiger partial charge in [-0.25, -0.2) is 9.97 Å². The minimum atomic E-state index is 0.333. The first-order chi connectivity index (χ1) is 20.8. The lowest BCUT2D eigenvalue weighted by atomic mass is 9.76. The molecule has 3 aromatic rings. The van der Waals surface area contributed by atoms with E-state index in [4.69, 9.17) is 0 Å². The molecule has 3 heteroatoms. The Hall–Kier alpha value is -4.63. The molecule has 0 saturated heterocycles. The van der Waals surface area contributed by atoms with Crippen LogP contribution in [0.2, 0.25) is 0 Å². The molecule has 0 radical (unpaired) electrons. The van der Waals surface area contributed by atoms with Crippen LogP contribution in [0.3, 0.4) is 0 Å². The van der Waals surface area contributed by atoms with E-state index in [-0.39, 0.29) is 0 Å². The molecule has 7 rings (SSSR count). The maximum absolute atomic E-state index is 4.62. The van der Waals surface area contributed by atoms with Crippen molar-refractivity contribution in [3.63, 3.8) is 0 Å². The second-order valence-corrected chi connectivity index (χ2v) is 11.5. The minimum Gasteiger partial charge on any atom is -0.268 e. The minimum absolute atomic E-state index is 0.333. The van der Waals surface area contributed by atoms with Crippen LogP contribution in [0.25, 0.3) is 28.5 Å². The Labute approximate surface area is 248 Å². The molecular weight excluding hydrogens is 510 g/mol. The van der Waals surface area contributed by atoms with E-state index in [9.17, 15) is 0 Å². The maximum Gasteiger partial charge on any atom is 0.116 e. The summed E-state index contributed by atoms with van der Waals surface area (Å²) in [6.07, 6.45) is 33.9. The fraction of sp³-hybridized carbons (Fsp3) is 0.205. The molecule has 206 valence electrons. The Morgan fingerprint density at radius 1 is 0.881 bits per heavy atom. The quantitative estimate of drug-likeness (QED) is 0.309. The summed E-state index contributed by atoms with van der Waals surface area (Å²) in [6.45, 7) is 0. The van der Waals surface area contributed by atoms with Crippen molar-refractivity contribution in [2.45, 2.75) is 38.0 Å². The molecule has 3 nitrogen and oxygen atoms in total. The monoisotopic (exact) mass is 545 g/mol. The molecule has 42 heavy (non-hydrogen) atoms. The SMILES string of the molecule is C1=CCCC(c2ccccc2/C=C/C2C=CC(c3cc(-c4ccc(C5C=NC=C6C=CCC[C@H]65)cc4)ncn3)=CC2)=C1. The molecule has 1 aliphatic heterocycles. The van der Waals surface area contributed by atoms with Gasteiger partial charge in [-0.15, -0.1) is 0 Å². The molecule has 4 aliphatic rings. The van der Waals surface area contributed by atoms with E-state index in [0.717, 1.165) is 48.2 Å². The first kappa shape index (κ1) is 26.3. The van der Waals surface area contributed by atoms with Crippen molar-refractivity contribution in [1.29, 1.82) is 0 Å². The van der Waals surface area contributed by atoms with Crippen LogP contribution < -0.4 is 0 Å². The van der Waals surface area contributed by atoms with Gasteiger partial charge >= 0.3 is 0 Å². The fourth-order valence-electron chi connectivity index (χ4n) is 6.46. The first-order valence-corrected chi connectivity index (χ1v) is 15.2. The average Bonchev–Trinajstić information content (AvgIpc) is 3.08. The molecule has 0 N–H and O–H groups in total. The summed E-state index contributed by atoms with van der Waals surface area (Å²) in [4.78, 5) is 13.8. The van der Waals surface area contributed by atoms with E-state index < -0.39 is 0 Å². The van der Waals surface area contributed by atoms with Gasteiger partial charge in [-0.05, 0) is 83.4 Å². The highest BCUT2D eigenvalue weighted by atomic mass is 14.8. The summed E-state index contributed by atoms with van der Waals surface area (Å²) >= 11 is 0. The van der Waals surface area contributed by atoms with Crippen LogP contribution >= 0.6 is 0 Å². The van der Waals surface area contributed by atoms with Crippen molar-refractivity contribution in [3.8, 4) is 11.3 Å². The zero-order chi connectivity index (χ0) is 28.1. The van der Waals surface area contributed by atoms with Gasteiger partial charge in [-0.2, -0.15) is 0 Å². The number of aliphatic imine (C=N–C) groups is 1. The molecule has 0 bridgehead atoms. The van der Waals surface area contributed by atoms with Crippen LogP contribution in [-0.2, 0) is 0 Å². The molecule has 3 aliphatic carbocycles. The topological polar surface area (TPSA) is 38.1 Å². The van der Waals surface area contributed by atoms with Crippen LogP contribution in [-0.4, -0.2) is 16.2 Å². The first-order valence-electron chi connectivity index (χ1n) is 15.2. The zero-order valence-electron chi connectivity index (χ0n) is 23.8. The summed E-state index contributed by atoms with van der Waals surface area (Å²) in [7, 11) is 0. The smallest absolute Gasteiger partial charge is 0.116 e. The van der Waals surface area contributed by atoms with E-state index in [2.05, 4.69) is 137 Å². The highest BCUT2D eigenvalue weighted by Gasteiger charge is 2.27. The molecule has 2 aromatic carbocycles. The molecule has 3 atom stereocenters. The van der Waals surface area contributed by atoms with Crippen LogP contribution in [0, 0.1) is 11.8 Å². The Morgan fingerprint density at radius 3 is 2.64 bits per heavy atom. The molecule has 1 aromatic heterocycles. The number of rotatable bonds is 6. The Bertz CT molecular complexity index is 1710. The second-order valence-electron chi connectivity index (χ2n) is 11.5. The van der Waals surface area contributed by atoms with Crippen LogP contribution in [0.1, 0.15) is 60.4 Å². The Kier molecular flexibility index (Phi) is 7.56. The van der Waals surface area contributed by atoms with E-state index in [1.807, 2.05) is 6.20 Å². The maximum atomic E-state index is 4.62. The lowest BCUT2D eigenvalue weighted by Gasteiger charge is -2.30. The molecule has 0 saturated carbocycles. The predicted molar refractivity (Wildman–Crippen MR) is 176 cm³/mol. The summed E-state index contributed by atoms with van der Waals surface area (Å²) in [5.74, 6) is 1.22.